The summed E-state index contributed by atoms with van der Waals surface area (Å²) >= 11 is 0. The van der Waals surface area contributed by atoms with Crippen LogP contribution in [0.25, 0.3) is 0 Å². The Hall–Kier alpha value is -1.55. The van der Waals surface area contributed by atoms with Gasteiger partial charge in [-0.2, -0.15) is 0 Å². The van der Waals surface area contributed by atoms with E-state index in [2.05, 4.69) is 17.7 Å². The molecule has 0 atom stereocenters. The fraction of sp³-hybridized carbons (Fsp3) is 0.588. The summed E-state index contributed by atoms with van der Waals surface area (Å²) in [6.45, 7) is 5.05. The van der Waals surface area contributed by atoms with Gasteiger partial charge in [0.1, 0.15) is 0 Å². The Bertz CT molecular complexity index is 479. The molecule has 0 saturated heterocycles. The van der Waals surface area contributed by atoms with Crippen LogP contribution in [0.3, 0.4) is 0 Å². The van der Waals surface area contributed by atoms with E-state index in [4.69, 9.17) is 5.84 Å². The van der Waals surface area contributed by atoms with Crippen LogP contribution in [0.5, 0.6) is 0 Å². The first kappa shape index (κ1) is 15.8. The van der Waals surface area contributed by atoms with Crippen molar-refractivity contribution in [3.8, 4) is 0 Å². The summed E-state index contributed by atoms with van der Waals surface area (Å²) in [5.41, 5.74) is 4.97. The highest BCUT2D eigenvalue weighted by molar-refractivity contribution is 5.99. The maximum absolute atomic E-state index is 12.2. The third-order valence-electron chi connectivity index (χ3n) is 4.55. The van der Waals surface area contributed by atoms with Crippen molar-refractivity contribution < 1.29 is 4.79 Å². The highest BCUT2D eigenvalue weighted by Gasteiger charge is 2.18. The van der Waals surface area contributed by atoms with Crippen molar-refractivity contribution in [1.82, 2.24) is 5.32 Å². The first-order chi connectivity index (χ1) is 10.1. The van der Waals surface area contributed by atoms with Crippen LogP contribution in [-0.4, -0.2) is 12.5 Å². The third kappa shape index (κ3) is 4.46. The van der Waals surface area contributed by atoms with Crippen molar-refractivity contribution in [3.05, 3.63) is 29.3 Å². The van der Waals surface area contributed by atoms with Crippen LogP contribution >= 0.6 is 0 Å². The Morgan fingerprint density at radius 2 is 2.00 bits per heavy atom. The van der Waals surface area contributed by atoms with E-state index in [1.54, 1.807) is 0 Å². The van der Waals surface area contributed by atoms with Gasteiger partial charge in [0, 0.05) is 6.54 Å². The molecule has 0 bridgehead atoms. The molecule has 4 nitrogen and oxygen atoms in total. The average molecular weight is 289 g/mol. The number of amides is 1. The third-order valence-corrected chi connectivity index (χ3v) is 4.55. The molecule has 0 radical (unpaired) electrons. The van der Waals surface area contributed by atoms with Gasteiger partial charge in [-0.25, -0.2) is 0 Å². The smallest absolute Gasteiger partial charge is 0.253 e. The lowest BCUT2D eigenvalue weighted by atomic mass is 9.81. The lowest BCUT2D eigenvalue weighted by molar-refractivity contribution is 0.0950. The maximum Gasteiger partial charge on any atom is 0.253 e. The number of hydrogen-bond donors (Lipinski definition) is 3. The summed E-state index contributed by atoms with van der Waals surface area (Å²) in [5, 5.41) is 3.02. The minimum Gasteiger partial charge on any atom is -0.352 e. The molecule has 0 unspecified atom stereocenters. The number of anilines is 1. The predicted molar refractivity (Wildman–Crippen MR) is 87.1 cm³/mol. The number of nitrogen functional groups attached to an aromatic ring is 1. The van der Waals surface area contributed by atoms with Crippen LogP contribution in [0, 0.1) is 18.8 Å². The van der Waals surface area contributed by atoms with Crippen molar-refractivity contribution in [2.75, 3.05) is 12.0 Å². The number of nitrogens with one attached hydrogen (secondary N) is 2. The number of nitrogens with two attached hydrogens (primary N) is 1. The van der Waals surface area contributed by atoms with E-state index >= 15 is 0 Å². The molecule has 0 heterocycles. The Morgan fingerprint density at radius 1 is 1.29 bits per heavy atom. The Kier molecular flexibility index (Phi) is 5.62. The van der Waals surface area contributed by atoms with Crippen LogP contribution in [0.1, 0.15) is 54.9 Å². The van der Waals surface area contributed by atoms with Crippen LogP contribution in [-0.2, 0) is 0 Å². The van der Waals surface area contributed by atoms with E-state index < -0.39 is 0 Å². The molecule has 1 aromatic rings. The average Bonchev–Trinajstić information content (AvgIpc) is 2.49. The first-order valence-electron chi connectivity index (χ1n) is 7.95. The number of aryl methyl sites for hydroxylation is 1. The van der Waals surface area contributed by atoms with Gasteiger partial charge in [0.2, 0.25) is 0 Å². The summed E-state index contributed by atoms with van der Waals surface area (Å²) in [4.78, 5) is 12.2. The molecule has 2 rings (SSSR count). The highest BCUT2D eigenvalue weighted by Crippen LogP contribution is 2.30. The zero-order valence-electron chi connectivity index (χ0n) is 13.1. The molecule has 1 aliphatic rings. The summed E-state index contributed by atoms with van der Waals surface area (Å²) in [7, 11) is 0. The molecule has 116 valence electrons. The first-order valence-corrected chi connectivity index (χ1v) is 7.95. The van der Waals surface area contributed by atoms with E-state index in [9.17, 15) is 4.79 Å². The van der Waals surface area contributed by atoms with E-state index in [0.29, 0.717) is 11.3 Å². The van der Waals surface area contributed by atoms with Crippen LogP contribution in [0.15, 0.2) is 18.2 Å². The lowest BCUT2D eigenvalue weighted by Gasteiger charge is -2.26. The molecular formula is C17H27N3O. The van der Waals surface area contributed by atoms with E-state index in [1.165, 1.54) is 25.7 Å². The zero-order chi connectivity index (χ0) is 15.2. The topological polar surface area (TPSA) is 67.2 Å². The molecule has 4 heteroatoms. The molecule has 0 aromatic heterocycles. The Balaban J connectivity index is 1.82. The van der Waals surface area contributed by atoms with Gasteiger partial charge in [0.25, 0.3) is 5.91 Å². The van der Waals surface area contributed by atoms with Crippen molar-refractivity contribution in [3.63, 3.8) is 0 Å². The molecule has 21 heavy (non-hydrogen) atoms. The van der Waals surface area contributed by atoms with Crippen LogP contribution < -0.4 is 16.6 Å². The van der Waals surface area contributed by atoms with Crippen LogP contribution in [0.4, 0.5) is 5.69 Å². The summed E-state index contributed by atoms with van der Waals surface area (Å²) < 4.78 is 0. The molecule has 1 amide bonds. The van der Waals surface area contributed by atoms with Gasteiger partial charge in [0.15, 0.2) is 0 Å². The summed E-state index contributed by atoms with van der Waals surface area (Å²) in [6, 6.07) is 5.64. The lowest BCUT2D eigenvalue weighted by Crippen LogP contribution is -2.28. The highest BCUT2D eigenvalue weighted by atomic mass is 16.1. The van der Waals surface area contributed by atoms with E-state index in [0.717, 1.165) is 30.4 Å². The summed E-state index contributed by atoms with van der Waals surface area (Å²) in [5.74, 6) is 7.08. The monoisotopic (exact) mass is 289 g/mol. The Morgan fingerprint density at radius 3 is 2.67 bits per heavy atom. The fourth-order valence-electron chi connectivity index (χ4n) is 3.08. The number of hydrogen-bond acceptors (Lipinski definition) is 3. The van der Waals surface area contributed by atoms with Gasteiger partial charge in [-0.05, 0) is 42.9 Å². The van der Waals surface area contributed by atoms with Gasteiger partial charge >= 0.3 is 0 Å². The Labute approximate surface area is 127 Å². The molecule has 1 aliphatic carbocycles. The molecule has 0 aliphatic heterocycles. The fourth-order valence-corrected chi connectivity index (χ4v) is 3.08. The van der Waals surface area contributed by atoms with Crippen LogP contribution in [0.2, 0.25) is 0 Å². The SMILES string of the molecule is Cc1ccc(C(=O)NCCC2CCC(C)CC2)c(NN)c1. The second-order valence-corrected chi connectivity index (χ2v) is 6.36. The number of rotatable bonds is 5. The van der Waals surface area contributed by atoms with E-state index in [1.807, 2.05) is 25.1 Å². The minimum absolute atomic E-state index is 0.0490. The van der Waals surface area contributed by atoms with Gasteiger partial charge in [-0.15, -0.1) is 0 Å². The molecular weight excluding hydrogens is 262 g/mol. The van der Waals surface area contributed by atoms with Gasteiger partial charge in [-0.1, -0.05) is 38.7 Å². The normalized spacial score (nSPS) is 21.9. The van der Waals surface area contributed by atoms with Gasteiger partial charge in [-0.3, -0.25) is 10.6 Å². The quantitative estimate of drug-likeness (QED) is 0.576. The minimum atomic E-state index is -0.0490. The largest absolute Gasteiger partial charge is 0.352 e. The molecule has 4 N–H and O–H groups in total. The number of carbonyl (C=O) groups excluding carboxylic acids is 1. The van der Waals surface area contributed by atoms with Gasteiger partial charge < -0.3 is 10.7 Å². The van der Waals surface area contributed by atoms with Crippen molar-refractivity contribution in [2.45, 2.75) is 46.0 Å². The van der Waals surface area contributed by atoms with Crippen molar-refractivity contribution in [1.29, 1.82) is 0 Å². The standard InChI is InChI=1S/C17H27N3O/c1-12-3-6-14(7-4-12)9-10-19-17(21)15-8-5-13(2)11-16(15)20-18/h5,8,11-12,14,20H,3-4,6-7,9-10,18H2,1-2H3,(H,19,21). The molecule has 1 saturated carbocycles. The second kappa shape index (κ2) is 7.46. The predicted octanol–water partition coefficient (Wildman–Crippen LogP) is 3.23. The molecule has 1 fully saturated rings. The summed E-state index contributed by atoms with van der Waals surface area (Å²) in [6.07, 6.45) is 6.35. The van der Waals surface area contributed by atoms with Crippen molar-refractivity contribution in [2.24, 2.45) is 17.7 Å². The second-order valence-electron chi connectivity index (χ2n) is 6.36. The maximum atomic E-state index is 12.2. The molecule has 1 aromatic carbocycles. The number of benzene rings is 1. The zero-order valence-corrected chi connectivity index (χ0v) is 13.1. The molecule has 0 spiro atoms. The number of hydrazine groups is 1. The number of carbonyl (C=O) groups is 1. The van der Waals surface area contributed by atoms with E-state index in [-0.39, 0.29) is 5.91 Å². The van der Waals surface area contributed by atoms with Gasteiger partial charge in [0.05, 0.1) is 11.3 Å². The van der Waals surface area contributed by atoms with Crippen molar-refractivity contribution >= 4 is 11.6 Å².